The lowest BCUT2D eigenvalue weighted by molar-refractivity contribution is 0.145. The first-order valence-corrected chi connectivity index (χ1v) is 41.2. The van der Waals surface area contributed by atoms with Gasteiger partial charge in [0.1, 0.15) is 66.4 Å². The number of anilines is 4. The molecule has 640 valence electrons. The SMILES string of the molecule is CC(C)c1cc(N(C)CCO)ncn1.CC(C)c1cc(N2CCC(O)CC2)ncn1.CC(C)c1cc(N2CCCC2)ncn1.CC(C)c1cnc(N2CCN(CCO)CC2)cn1.COC(=N)c1cnc(C(C)C)cn1.COc1cc(C(C)C)ncn1.Cc1cc(C(C)C)nc(C)n1.Cc1cc(C(C)C)ncn1.Cc1cnc(C(C)C)cn1. The lowest BCUT2D eigenvalue weighted by Gasteiger charge is -2.34. The van der Waals surface area contributed by atoms with Gasteiger partial charge in [0.05, 0.1) is 80.6 Å². The number of rotatable bonds is 19. The van der Waals surface area contributed by atoms with Crippen molar-refractivity contribution in [3.8, 4) is 5.88 Å². The molecule has 0 radical (unpaired) electrons. The number of β-amino-alcohol motifs (C(OH)–C–C–N with tert-alkyl or cyclic N) is 1. The third-order valence-electron chi connectivity index (χ3n) is 18.8. The Morgan fingerprint density at radius 1 is 0.402 bits per heavy atom. The van der Waals surface area contributed by atoms with E-state index >= 15 is 0 Å². The third kappa shape index (κ3) is 37.5. The topological polar surface area (TPSA) is 351 Å². The summed E-state index contributed by atoms with van der Waals surface area (Å²) >= 11 is 0. The first kappa shape index (κ1) is 99.4. The van der Waals surface area contributed by atoms with Crippen LogP contribution in [0.25, 0.3) is 0 Å². The number of aromatic nitrogens is 18. The van der Waals surface area contributed by atoms with Gasteiger partial charge in [0.25, 0.3) is 0 Å². The fourth-order valence-corrected chi connectivity index (χ4v) is 11.2. The summed E-state index contributed by atoms with van der Waals surface area (Å²) in [5.74, 6) is 9.45. The minimum absolute atomic E-state index is 0.0443. The van der Waals surface area contributed by atoms with Gasteiger partial charge in [0, 0.05) is 155 Å². The zero-order chi connectivity index (χ0) is 86.7. The van der Waals surface area contributed by atoms with Crippen molar-refractivity contribution in [2.75, 3.05) is 120 Å². The molecule has 3 saturated heterocycles. The number of aryl methyl sites for hydroxylation is 4. The fraction of sp³-hybridized carbons (Fsp3) is 0.580. The Bertz CT molecular complexity index is 4170. The molecule has 117 heavy (non-hydrogen) atoms. The number of piperidine rings is 1. The second-order valence-corrected chi connectivity index (χ2v) is 31.7. The molecule has 3 aliphatic rings. The van der Waals surface area contributed by atoms with E-state index in [9.17, 15) is 5.11 Å². The van der Waals surface area contributed by atoms with E-state index in [0.717, 1.165) is 169 Å². The number of hydrogen-bond donors (Lipinski definition) is 4. The third-order valence-corrected chi connectivity index (χ3v) is 18.8. The molecule has 12 rings (SSSR count). The van der Waals surface area contributed by atoms with Crippen LogP contribution in [0.15, 0.2) is 105 Å². The molecular formula is C88H138N24O5. The number of piperazine rings is 1. The Balaban J connectivity index is 0.000000279. The van der Waals surface area contributed by atoms with Crippen molar-refractivity contribution < 1.29 is 24.8 Å². The van der Waals surface area contributed by atoms with E-state index in [0.29, 0.717) is 71.4 Å². The van der Waals surface area contributed by atoms with Crippen molar-refractivity contribution in [3.05, 3.63) is 185 Å². The van der Waals surface area contributed by atoms with Crippen LogP contribution < -0.4 is 24.3 Å². The predicted octanol–water partition coefficient (Wildman–Crippen LogP) is 14.7. The molecule has 29 nitrogen and oxygen atoms in total. The number of hydrogen-bond acceptors (Lipinski definition) is 29. The normalized spacial score (nSPS) is 13.3. The minimum Gasteiger partial charge on any atom is -0.481 e. The smallest absolute Gasteiger partial charge is 0.233 e. The van der Waals surface area contributed by atoms with Crippen LogP contribution >= 0.6 is 0 Å². The number of aliphatic hydroxyl groups excluding tert-OH is 3. The number of nitrogens with one attached hydrogen (secondary N) is 1. The van der Waals surface area contributed by atoms with Gasteiger partial charge in [-0.05, 0) is 119 Å². The van der Waals surface area contributed by atoms with Gasteiger partial charge in [-0.1, -0.05) is 125 Å². The van der Waals surface area contributed by atoms with Crippen LogP contribution in [0, 0.1) is 33.1 Å². The van der Waals surface area contributed by atoms with E-state index in [2.05, 4.69) is 232 Å². The summed E-state index contributed by atoms with van der Waals surface area (Å²) in [5.41, 5.74) is 13.1. The van der Waals surface area contributed by atoms with Crippen molar-refractivity contribution in [3.63, 3.8) is 0 Å². The van der Waals surface area contributed by atoms with E-state index in [-0.39, 0.29) is 25.2 Å². The van der Waals surface area contributed by atoms with Crippen LogP contribution in [0.5, 0.6) is 5.88 Å². The molecule has 3 aliphatic heterocycles. The highest BCUT2D eigenvalue weighted by Crippen LogP contribution is 2.25. The predicted molar refractivity (Wildman–Crippen MR) is 469 cm³/mol. The Kier molecular flexibility index (Phi) is 45.3. The fourth-order valence-electron chi connectivity index (χ4n) is 11.2. The van der Waals surface area contributed by atoms with Crippen molar-refractivity contribution >= 4 is 29.2 Å². The van der Waals surface area contributed by atoms with E-state index in [1.807, 2.05) is 96.3 Å². The maximum Gasteiger partial charge on any atom is 0.233 e. The van der Waals surface area contributed by atoms with Crippen LogP contribution in [0.4, 0.5) is 23.3 Å². The second kappa shape index (κ2) is 53.4. The van der Waals surface area contributed by atoms with Crippen molar-refractivity contribution in [1.29, 1.82) is 5.41 Å². The summed E-state index contributed by atoms with van der Waals surface area (Å²) in [7, 11) is 4.95. The van der Waals surface area contributed by atoms with Gasteiger partial charge in [0.2, 0.25) is 11.8 Å². The maximum absolute atomic E-state index is 9.46. The first-order valence-electron chi connectivity index (χ1n) is 41.2. The molecule has 0 amide bonds. The lowest BCUT2D eigenvalue weighted by atomic mass is 10.1. The minimum atomic E-state index is -0.136. The Morgan fingerprint density at radius 2 is 0.829 bits per heavy atom. The molecule has 0 unspecified atom stereocenters. The van der Waals surface area contributed by atoms with Gasteiger partial charge >= 0.3 is 0 Å². The number of aliphatic hydroxyl groups is 3. The van der Waals surface area contributed by atoms with Crippen LogP contribution in [0.3, 0.4) is 0 Å². The first-order chi connectivity index (χ1) is 55.7. The monoisotopic (exact) mass is 1610 g/mol. The maximum atomic E-state index is 9.46. The summed E-state index contributed by atoms with van der Waals surface area (Å²) in [5, 5.41) is 34.5. The standard InChI is InChI=1S/C13H22N4O.C12H19N3O.C11H17N3.C10H17N3O.C9H13N3O.C9H14N2.C8H12N2O.2C8H12N2/c1-11(2)12-9-15-13(10-14-12)17-5-3-16(4-6-17)7-8-18;1-9(2)11-7-12(14-8-13-11)15-5-3-10(16)4-6-15;1-9(2)10-7-11(13-8-12-10)14-5-3-4-6-14;1-8(2)9-6-10(12-7-11-9)13(3)4-5-14;1-6(2)7-4-12-8(5-11-7)9(10)13-3;1-6(2)9-5-7(3)10-8(4)11-9;1-6(2)7-4-8(11-3)10-5-9-7;1-6(2)8-5-9-7(3)4-10-8;1-6(2)8-4-7(3)9-5-10-8/h9-11,18H,3-8H2,1-2H3;7-10,16H,3-6H2,1-2H3;7-9H,3-6H2,1-2H3;6-8,14H,4-5H2,1-3H3;4-6,10H,1-3H3;5-6H,1-4H3;4-6H,1-3H3;2*4-6H,1-3H3. The van der Waals surface area contributed by atoms with E-state index in [1.165, 1.54) is 26.3 Å². The highest BCUT2D eigenvalue weighted by atomic mass is 16.5. The highest BCUT2D eigenvalue weighted by Gasteiger charge is 2.21. The Morgan fingerprint density at radius 3 is 1.25 bits per heavy atom. The molecule has 12 heterocycles. The van der Waals surface area contributed by atoms with Gasteiger partial charge in [-0.15, -0.1) is 0 Å². The van der Waals surface area contributed by atoms with Gasteiger partial charge in [-0.25, -0.2) is 69.8 Å². The molecule has 4 N–H and O–H groups in total. The molecule has 3 fully saturated rings. The summed E-state index contributed by atoms with van der Waals surface area (Å²) in [6.45, 7) is 55.6. The second-order valence-electron chi connectivity index (χ2n) is 31.7. The number of ether oxygens (including phenoxy) is 2. The highest BCUT2D eigenvalue weighted by molar-refractivity contribution is 5.88. The van der Waals surface area contributed by atoms with Crippen LogP contribution in [0.1, 0.15) is 283 Å². The molecule has 0 aromatic carbocycles. The van der Waals surface area contributed by atoms with E-state index in [1.54, 1.807) is 51.0 Å². The summed E-state index contributed by atoms with van der Waals surface area (Å²) in [4.78, 5) is 86.7. The summed E-state index contributed by atoms with van der Waals surface area (Å²) in [6, 6.07) is 12.0. The van der Waals surface area contributed by atoms with Crippen LogP contribution in [0.2, 0.25) is 0 Å². The Hall–Kier alpha value is -9.97. The van der Waals surface area contributed by atoms with Gasteiger partial charge in [0.15, 0.2) is 0 Å². The lowest BCUT2D eigenvalue weighted by Crippen LogP contribution is -2.47. The molecule has 9 aromatic rings. The largest absolute Gasteiger partial charge is 0.481 e. The van der Waals surface area contributed by atoms with Crippen molar-refractivity contribution in [2.24, 2.45) is 0 Å². The molecular weight excluding hydrogens is 1470 g/mol. The van der Waals surface area contributed by atoms with Gasteiger partial charge in [-0.2, -0.15) is 0 Å². The zero-order valence-electron chi connectivity index (χ0n) is 74.8. The summed E-state index contributed by atoms with van der Waals surface area (Å²) in [6.07, 6.45) is 22.8. The molecule has 0 aliphatic carbocycles. The molecule has 9 aromatic heterocycles. The molecule has 0 atom stereocenters. The zero-order valence-corrected chi connectivity index (χ0v) is 74.8. The molecule has 0 spiro atoms. The van der Waals surface area contributed by atoms with E-state index < -0.39 is 0 Å². The number of nitrogens with zero attached hydrogens (tertiary/aromatic N) is 23. The average Bonchev–Trinajstić information content (AvgIpc) is 1.78. The van der Waals surface area contributed by atoms with Crippen LogP contribution in [-0.2, 0) is 4.74 Å². The van der Waals surface area contributed by atoms with E-state index in [4.69, 9.17) is 25.1 Å². The molecule has 29 heteroatoms. The summed E-state index contributed by atoms with van der Waals surface area (Å²) < 4.78 is 9.67. The number of methoxy groups -OCH3 is 2. The molecule has 0 bridgehead atoms. The van der Waals surface area contributed by atoms with Crippen molar-refractivity contribution in [1.82, 2.24) is 94.6 Å². The quantitative estimate of drug-likeness (QED) is 0.0431. The average molecular weight is 1610 g/mol. The Labute approximate surface area is 698 Å². The van der Waals surface area contributed by atoms with Gasteiger partial charge < -0.3 is 44.4 Å². The molecule has 0 saturated carbocycles. The van der Waals surface area contributed by atoms with Crippen LogP contribution in [-0.4, -0.2) is 222 Å². The number of likely N-dealkylation sites (N-methyl/N-ethyl adjacent to an activating group) is 1. The van der Waals surface area contributed by atoms with Crippen molar-refractivity contribution in [2.45, 2.75) is 237 Å². The van der Waals surface area contributed by atoms with Gasteiger partial charge in [-0.3, -0.25) is 30.2 Å².